The Morgan fingerprint density at radius 3 is 2.27 bits per heavy atom. The van der Waals surface area contributed by atoms with Crippen LogP contribution in [0.1, 0.15) is 79.6 Å². The molecule has 0 aromatic rings. The first-order valence-corrected chi connectivity index (χ1v) is 14.9. The third kappa shape index (κ3) is 3.05. The van der Waals surface area contributed by atoms with Crippen LogP contribution in [-0.2, 0) is 18.8 Å². The largest absolute Gasteiger partial charge is 0.407 e. The summed E-state index contributed by atoms with van der Waals surface area (Å²) < 4.78 is 6.91. The molecule has 0 saturated heterocycles. The number of carbonyl (C=O) groups is 3. The van der Waals surface area contributed by atoms with Gasteiger partial charge >= 0.3 is 0 Å². The number of fused-ring (bicyclic) bond motifs is 5. The Bertz CT molecular complexity index is 781. The van der Waals surface area contributed by atoms with Gasteiger partial charge in [0.05, 0.1) is 0 Å². The maximum Gasteiger partial charge on any atom is 0.193 e. The van der Waals surface area contributed by atoms with Crippen LogP contribution in [0.3, 0.4) is 0 Å². The highest BCUT2D eigenvalue weighted by Crippen LogP contribution is 2.65. The summed E-state index contributed by atoms with van der Waals surface area (Å²) in [6.07, 6.45) is 4.78. The Morgan fingerprint density at radius 2 is 1.63 bits per heavy atom. The monoisotopic (exact) mass is 432 g/mol. The lowest BCUT2D eigenvalue weighted by atomic mass is 9.44. The Morgan fingerprint density at radius 1 is 0.967 bits per heavy atom. The molecule has 4 nitrogen and oxygen atoms in total. The minimum atomic E-state index is -2.18. The Kier molecular flexibility index (Phi) is 5.10. The lowest BCUT2D eigenvalue weighted by Gasteiger charge is -2.61. The Labute approximate surface area is 183 Å². The summed E-state index contributed by atoms with van der Waals surface area (Å²) in [5, 5.41) is 0.00930. The predicted octanol–water partition coefficient (Wildman–Crippen LogP) is 5.35. The van der Waals surface area contributed by atoms with Crippen molar-refractivity contribution in [3.05, 3.63) is 0 Å². The average molecular weight is 433 g/mol. The molecule has 0 aliphatic heterocycles. The van der Waals surface area contributed by atoms with Gasteiger partial charge in [-0.25, -0.2) is 0 Å². The van der Waals surface area contributed by atoms with Crippen molar-refractivity contribution in [3.8, 4) is 0 Å². The van der Waals surface area contributed by atoms with Gasteiger partial charge in [-0.2, -0.15) is 0 Å². The molecule has 0 radical (unpaired) electrons. The van der Waals surface area contributed by atoms with Crippen molar-refractivity contribution >= 4 is 25.7 Å². The normalized spacial score (nSPS) is 44.5. The third-order valence-corrected chi connectivity index (χ3v) is 14.7. The van der Waals surface area contributed by atoms with Gasteiger partial charge in [0.1, 0.15) is 17.7 Å². The minimum Gasteiger partial charge on any atom is -0.407 e. The van der Waals surface area contributed by atoms with Gasteiger partial charge < -0.3 is 4.43 Å². The second kappa shape index (κ2) is 6.84. The number of Topliss-reactive ketones (excluding diaryl/α,β-unsaturated/α-hetero) is 3. The molecule has 4 saturated carbocycles. The van der Waals surface area contributed by atoms with Crippen LogP contribution >= 0.6 is 0 Å². The Balaban J connectivity index is 1.79. The fourth-order valence-corrected chi connectivity index (χ4v) is 8.45. The molecule has 4 fully saturated rings. The van der Waals surface area contributed by atoms with Gasteiger partial charge in [-0.15, -0.1) is 0 Å². The van der Waals surface area contributed by atoms with Crippen LogP contribution in [0.2, 0.25) is 18.1 Å². The van der Waals surface area contributed by atoms with Gasteiger partial charge in [0.25, 0.3) is 0 Å². The summed E-state index contributed by atoms with van der Waals surface area (Å²) in [6, 6.07) is 0. The van der Waals surface area contributed by atoms with E-state index in [0.717, 1.165) is 25.7 Å². The lowest BCUT2D eigenvalue weighted by molar-refractivity contribution is -0.177. The maximum absolute atomic E-state index is 14.0. The number of carbonyl (C=O) groups excluding carboxylic acids is 3. The predicted molar refractivity (Wildman–Crippen MR) is 120 cm³/mol. The lowest BCUT2D eigenvalue weighted by Crippen LogP contribution is -2.65. The SMILES string of the molecule is CC(C)(C)[Si](C)(C)O[C@H]1C(=O)C2CC(=O)CC[C@]2(C)C2CC[C@]3(C)C(=O)CCC3C21. The van der Waals surface area contributed by atoms with Crippen molar-refractivity contribution in [2.45, 2.75) is 104 Å². The van der Waals surface area contributed by atoms with E-state index in [1.807, 2.05) is 0 Å². The van der Waals surface area contributed by atoms with Gasteiger partial charge in [0.2, 0.25) is 0 Å². The molecule has 168 valence electrons. The fourth-order valence-electron chi connectivity index (χ4n) is 7.19. The van der Waals surface area contributed by atoms with Gasteiger partial charge in [-0.3, -0.25) is 14.4 Å². The highest BCUT2D eigenvalue weighted by Gasteiger charge is 2.66. The van der Waals surface area contributed by atoms with Crippen LogP contribution in [0.15, 0.2) is 0 Å². The van der Waals surface area contributed by atoms with Crippen molar-refractivity contribution < 1.29 is 18.8 Å². The molecule has 30 heavy (non-hydrogen) atoms. The van der Waals surface area contributed by atoms with E-state index in [9.17, 15) is 14.4 Å². The summed E-state index contributed by atoms with van der Waals surface area (Å²) in [4.78, 5) is 39.3. The molecular formula is C25H40O4Si. The number of hydrogen-bond acceptors (Lipinski definition) is 4. The van der Waals surface area contributed by atoms with E-state index in [1.165, 1.54) is 0 Å². The molecular weight excluding hydrogens is 392 g/mol. The summed E-state index contributed by atoms with van der Waals surface area (Å²) in [5.74, 6) is 1.29. The summed E-state index contributed by atoms with van der Waals surface area (Å²) >= 11 is 0. The van der Waals surface area contributed by atoms with Crippen molar-refractivity contribution in [1.82, 2.24) is 0 Å². The Hall–Kier alpha value is -0.813. The molecule has 0 spiro atoms. The van der Waals surface area contributed by atoms with Gasteiger partial charge in [0.15, 0.2) is 14.1 Å². The zero-order chi connectivity index (χ0) is 22.3. The van der Waals surface area contributed by atoms with E-state index in [2.05, 4.69) is 47.7 Å². The van der Waals surface area contributed by atoms with E-state index < -0.39 is 14.4 Å². The van der Waals surface area contributed by atoms with Crippen LogP contribution in [0.4, 0.5) is 0 Å². The van der Waals surface area contributed by atoms with E-state index in [4.69, 9.17) is 4.43 Å². The number of rotatable bonds is 2. The quantitative estimate of drug-likeness (QED) is 0.552. The first kappa shape index (κ1) is 22.4. The maximum atomic E-state index is 14.0. The summed E-state index contributed by atoms with van der Waals surface area (Å²) in [5.41, 5.74) is -0.430. The molecule has 5 heteroatoms. The van der Waals surface area contributed by atoms with E-state index >= 15 is 0 Å². The van der Waals surface area contributed by atoms with E-state index in [-0.39, 0.29) is 45.2 Å². The zero-order valence-corrected chi connectivity index (χ0v) is 21.0. The molecule has 4 unspecified atom stereocenters. The average Bonchev–Trinajstić information content (AvgIpc) is 2.94. The first-order chi connectivity index (χ1) is 13.7. The standard InChI is InChI=1S/C25H40O4Si/c1-23(2,3)30(6,7)29-22-20-16-8-9-19(27)25(16,5)13-11-17(20)24(4)12-10-15(26)14-18(24)21(22)28/h16-18,20,22H,8-14H2,1-7H3/t16?,17?,18?,20?,22-,24-,25+/m1/s1. The minimum absolute atomic E-state index is 0.00930. The van der Waals surface area contributed by atoms with E-state index in [1.54, 1.807) is 0 Å². The third-order valence-electron chi connectivity index (χ3n) is 10.3. The zero-order valence-electron chi connectivity index (χ0n) is 20.0. The molecule has 7 atom stereocenters. The van der Waals surface area contributed by atoms with E-state index in [0.29, 0.717) is 31.0 Å². The van der Waals surface area contributed by atoms with Crippen LogP contribution in [0.25, 0.3) is 0 Å². The van der Waals surface area contributed by atoms with Gasteiger partial charge in [-0.1, -0.05) is 34.6 Å². The molecule has 0 amide bonds. The molecule has 0 heterocycles. The van der Waals surface area contributed by atoms with Gasteiger partial charge in [-0.05, 0) is 67.0 Å². The second-order valence-corrected chi connectivity index (χ2v) is 17.5. The number of hydrogen-bond donors (Lipinski definition) is 0. The molecule has 4 aliphatic rings. The fraction of sp³-hybridized carbons (Fsp3) is 0.880. The molecule has 4 aliphatic carbocycles. The highest BCUT2D eigenvalue weighted by molar-refractivity contribution is 6.74. The van der Waals surface area contributed by atoms with Gasteiger partial charge in [0, 0.05) is 30.6 Å². The molecule has 0 bridgehead atoms. The number of ketones is 3. The van der Waals surface area contributed by atoms with Crippen LogP contribution in [-0.4, -0.2) is 31.8 Å². The smallest absolute Gasteiger partial charge is 0.193 e. The van der Waals surface area contributed by atoms with Crippen molar-refractivity contribution in [2.24, 2.45) is 34.5 Å². The molecule has 0 aromatic heterocycles. The summed E-state index contributed by atoms with van der Waals surface area (Å²) in [6.45, 7) is 15.5. The topological polar surface area (TPSA) is 60.4 Å². The molecule has 0 aromatic carbocycles. The van der Waals surface area contributed by atoms with Crippen LogP contribution < -0.4 is 0 Å². The molecule has 4 rings (SSSR count). The van der Waals surface area contributed by atoms with Crippen molar-refractivity contribution in [2.75, 3.05) is 0 Å². The molecule has 0 N–H and O–H groups in total. The summed E-state index contributed by atoms with van der Waals surface area (Å²) in [7, 11) is -2.18. The highest BCUT2D eigenvalue weighted by atomic mass is 28.4. The first-order valence-electron chi connectivity index (χ1n) is 12.0. The van der Waals surface area contributed by atoms with Crippen molar-refractivity contribution in [1.29, 1.82) is 0 Å². The van der Waals surface area contributed by atoms with Crippen molar-refractivity contribution in [3.63, 3.8) is 0 Å². The van der Waals surface area contributed by atoms with Crippen LogP contribution in [0, 0.1) is 34.5 Å². The van der Waals surface area contributed by atoms with Crippen LogP contribution in [0.5, 0.6) is 0 Å². The second-order valence-electron chi connectivity index (χ2n) is 12.7.